The maximum absolute atomic E-state index is 8.71. The smallest absolute Gasteiger partial charge is 0.102 e. The predicted molar refractivity (Wildman–Crippen MR) is 62.4 cm³/mol. The number of nitrogens with zero attached hydrogens (tertiary/aromatic N) is 3. The highest BCUT2D eigenvalue weighted by Crippen LogP contribution is 2.16. The van der Waals surface area contributed by atoms with Gasteiger partial charge in [0, 0.05) is 6.20 Å². The fraction of sp³-hybridized carbons (Fsp3) is 0.231. The van der Waals surface area contributed by atoms with Crippen LogP contribution < -0.4 is 0 Å². The summed E-state index contributed by atoms with van der Waals surface area (Å²) in [6, 6.07) is 10.3. The van der Waals surface area contributed by atoms with Gasteiger partial charge >= 0.3 is 0 Å². The highest BCUT2D eigenvalue weighted by Gasteiger charge is 2.02. The van der Waals surface area contributed by atoms with Gasteiger partial charge in [0.05, 0.1) is 17.4 Å². The average molecular weight is 211 g/mol. The van der Waals surface area contributed by atoms with Crippen LogP contribution in [0.3, 0.4) is 0 Å². The Labute approximate surface area is 94.9 Å². The van der Waals surface area contributed by atoms with Crippen molar-refractivity contribution in [2.45, 2.75) is 19.8 Å². The molecule has 16 heavy (non-hydrogen) atoms. The zero-order valence-corrected chi connectivity index (χ0v) is 9.38. The minimum absolute atomic E-state index is 0.529. The summed E-state index contributed by atoms with van der Waals surface area (Å²) in [5.74, 6) is 0.529. The van der Waals surface area contributed by atoms with E-state index in [2.05, 4.69) is 37.1 Å². The van der Waals surface area contributed by atoms with E-state index >= 15 is 0 Å². The van der Waals surface area contributed by atoms with E-state index in [1.54, 1.807) is 17.1 Å². The second-order valence-electron chi connectivity index (χ2n) is 4.03. The zero-order valence-electron chi connectivity index (χ0n) is 9.38. The van der Waals surface area contributed by atoms with Crippen LogP contribution in [0.25, 0.3) is 5.69 Å². The summed E-state index contributed by atoms with van der Waals surface area (Å²) in [6.07, 6.45) is 3.29. The molecule has 0 amide bonds. The van der Waals surface area contributed by atoms with Crippen LogP contribution in [0, 0.1) is 11.3 Å². The van der Waals surface area contributed by atoms with E-state index in [0.717, 1.165) is 5.69 Å². The quantitative estimate of drug-likeness (QED) is 0.766. The third-order valence-electron chi connectivity index (χ3n) is 2.54. The minimum Gasteiger partial charge on any atom is -0.240 e. The van der Waals surface area contributed by atoms with Crippen molar-refractivity contribution in [2.75, 3.05) is 0 Å². The van der Waals surface area contributed by atoms with Gasteiger partial charge in [-0.3, -0.25) is 0 Å². The first kappa shape index (κ1) is 10.4. The number of benzene rings is 1. The fourth-order valence-corrected chi connectivity index (χ4v) is 1.53. The molecule has 0 saturated heterocycles. The number of rotatable bonds is 2. The number of hydrogen-bond acceptors (Lipinski definition) is 2. The lowest BCUT2D eigenvalue weighted by molar-refractivity contribution is 0.853. The van der Waals surface area contributed by atoms with Crippen LogP contribution in [-0.4, -0.2) is 9.78 Å². The maximum atomic E-state index is 8.71. The van der Waals surface area contributed by atoms with Gasteiger partial charge in [0.25, 0.3) is 0 Å². The summed E-state index contributed by atoms with van der Waals surface area (Å²) < 4.78 is 1.71. The first-order valence-corrected chi connectivity index (χ1v) is 5.26. The lowest BCUT2D eigenvalue weighted by Crippen LogP contribution is -1.95. The molecule has 0 saturated carbocycles. The molecule has 0 fully saturated rings. The summed E-state index contributed by atoms with van der Waals surface area (Å²) >= 11 is 0. The second-order valence-corrected chi connectivity index (χ2v) is 4.03. The Kier molecular flexibility index (Phi) is 2.74. The van der Waals surface area contributed by atoms with Crippen molar-refractivity contribution < 1.29 is 0 Å². The van der Waals surface area contributed by atoms with E-state index in [1.165, 1.54) is 5.56 Å². The SMILES string of the molecule is CC(C)c1ccc(-n2cc(C#N)cn2)cc1. The Morgan fingerprint density at radius 3 is 2.44 bits per heavy atom. The summed E-state index contributed by atoms with van der Waals surface area (Å²) in [5.41, 5.74) is 2.86. The lowest BCUT2D eigenvalue weighted by atomic mass is 10.0. The molecule has 0 aliphatic heterocycles. The Morgan fingerprint density at radius 2 is 1.94 bits per heavy atom. The number of hydrogen-bond donors (Lipinski definition) is 0. The van der Waals surface area contributed by atoms with Crippen LogP contribution >= 0.6 is 0 Å². The molecule has 1 aromatic carbocycles. The maximum Gasteiger partial charge on any atom is 0.102 e. The van der Waals surface area contributed by atoms with E-state index in [4.69, 9.17) is 5.26 Å². The van der Waals surface area contributed by atoms with Crippen LogP contribution in [0.15, 0.2) is 36.7 Å². The molecular weight excluding hydrogens is 198 g/mol. The monoisotopic (exact) mass is 211 g/mol. The van der Waals surface area contributed by atoms with E-state index in [0.29, 0.717) is 11.5 Å². The van der Waals surface area contributed by atoms with Crippen molar-refractivity contribution in [3.63, 3.8) is 0 Å². The molecule has 0 unspecified atom stereocenters. The predicted octanol–water partition coefficient (Wildman–Crippen LogP) is 2.87. The molecule has 0 radical (unpaired) electrons. The Hall–Kier alpha value is -2.08. The summed E-state index contributed by atoms with van der Waals surface area (Å²) in [4.78, 5) is 0. The van der Waals surface area contributed by atoms with Crippen LogP contribution in [0.5, 0.6) is 0 Å². The summed E-state index contributed by atoms with van der Waals surface area (Å²) in [6.45, 7) is 4.33. The van der Waals surface area contributed by atoms with Crippen molar-refractivity contribution in [2.24, 2.45) is 0 Å². The highest BCUT2D eigenvalue weighted by atomic mass is 15.3. The van der Waals surface area contributed by atoms with E-state index in [9.17, 15) is 0 Å². The molecule has 3 nitrogen and oxygen atoms in total. The normalized spacial score (nSPS) is 10.4. The first-order valence-electron chi connectivity index (χ1n) is 5.26. The molecular formula is C13H13N3. The standard InChI is InChI=1S/C13H13N3/c1-10(2)12-3-5-13(6-4-12)16-9-11(7-14)8-15-16/h3-6,8-10H,1-2H3. The third kappa shape index (κ3) is 1.96. The van der Waals surface area contributed by atoms with Crippen molar-refractivity contribution >= 4 is 0 Å². The molecule has 3 heteroatoms. The first-order chi connectivity index (χ1) is 7.70. The summed E-state index contributed by atoms with van der Waals surface area (Å²) in [5, 5.41) is 12.8. The van der Waals surface area contributed by atoms with E-state index < -0.39 is 0 Å². The molecule has 2 aromatic rings. The van der Waals surface area contributed by atoms with Gasteiger partial charge in [0.1, 0.15) is 6.07 Å². The molecule has 0 aliphatic rings. The number of nitriles is 1. The van der Waals surface area contributed by atoms with Crippen molar-refractivity contribution in [1.82, 2.24) is 9.78 Å². The second kappa shape index (κ2) is 4.19. The van der Waals surface area contributed by atoms with Gasteiger partial charge in [-0.05, 0) is 23.6 Å². The molecule has 1 heterocycles. The van der Waals surface area contributed by atoms with Crippen molar-refractivity contribution in [3.8, 4) is 11.8 Å². The topological polar surface area (TPSA) is 41.6 Å². The van der Waals surface area contributed by atoms with Gasteiger partial charge in [-0.25, -0.2) is 4.68 Å². The Morgan fingerprint density at radius 1 is 1.25 bits per heavy atom. The van der Waals surface area contributed by atoms with Gasteiger partial charge in [-0.2, -0.15) is 10.4 Å². The van der Waals surface area contributed by atoms with Crippen LogP contribution in [-0.2, 0) is 0 Å². The van der Waals surface area contributed by atoms with Crippen molar-refractivity contribution in [1.29, 1.82) is 5.26 Å². The molecule has 0 N–H and O–H groups in total. The van der Waals surface area contributed by atoms with Crippen LogP contribution in [0.1, 0.15) is 30.9 Å². The average Bonchev–Trinajstić information content (AvgIpc) is 2.77. The van der Waals surface area contributed by atoms with Gasteiger partial charge in [0.2, 0.25) is 0 Å². The summed E-state index contributed by atoms with van der Waals surface area (Å²) in [7, 11) is 0. The van der Waals surface area contributed by atoms with Gasteiger partial charge in [0.15, 0.2) is 0 Å². The Bertz CT molecular complexity index is 515. The zero-order chi connectivity index (χ0) is 11.5. The highest BCUT2D eigenvalue weighted by molar-refractivity contribution is 5.36. The minimum atomic E-state index is 0.529. The molecule has 1 aromatic heterocycles. The molecule has 0 bridgehead atoms. The fourth-order valence-electron chi connectivity index (χ4n) is 1.53. The Balaban J connectivity index is 2.31. The van der Waals surface area contributed by atoms with Gasteiger partial charge in [-0.1, -0.05) is 26.0 Å². The van der Waals surface area contributed by atoms with E-state index in [-0.39, 0.29) is 0 Å². The van der Waals surface area contributed by atoms with Gasteiger partial charge < -0.3 is 0 Å². The molecule has 0 aliphatic carbocycles. The van der Waals surface area contributed by atoms with Crippen molar-refractivity contribution in [3.05, 3.63) is 47.8 Å². The molecule has 2 rings (SSSR count). The molecule has 80 valence electrons. The van der Waals surface area contributed by atoms with E-state index in [1.807, 2.05) is 12.1 Å². The van der Waals surface area contributed by atoms with Crippen LogP contribution in [0.4, 0.5) is 0 Å². The van der Waals surface area contributed by atoms with Crippen LogP contribution in [0.2, 0.25) is 0 Å². The number of aromatic nitrogens is 2. The van der Waals surface area contributed by atoms with Gasteiger partial charge in [-0.15, -0.1) is 0 Å². The lowest BCUT2D eigenvalue weighted by Gasteiger charge is -2.06. The third-order valence-corrected chi connectivity index (χ3v) is 2.54. The molecule has 0 spiro atoms. The molecule has 0 atom stereocenters. The largest absolute Gasteiger partial charge is 0.240 e.